The van der Waals surface area contributed by atoms with E-state index in [0.29, 0.717) is 0 Å². The monoisotopic (exact) mass is 528 g/mol. The number of carbonyl (C=O) groups excluding carboxylic acids is 1. The normalized spacial score (nSPS) is 16.6. The Balaban J connectivity index is 1.91. The Labute approximate surface area is 238 Å². The van der Waals surface area contributed by atoms with Crippen molar-refractivity contribution in [1.29, 1.82) is 0 Å². The summed E-state index contributed by atoms with van der Waals surface area (Å²) >= 11 is 0. The first-order valence-corrected chi connectivity index (χ1v) is 17.0. The maximum Gasteiger partial charge on any atom is 0.321 e. The molecule has 0 aliphatic carbocycles. The lowest BCUT2D eigenvalue weighted by molar-refractivity contribution is -0.157. The molecule has 220 valence electrons. The summed E-state index contributed by atoms with van der Waals surface area (Å²) in [4.78, 5) is 11.9. The molecule has 0 spiro atoms. The van der Waals surface area contributed by atoms with Crippen LogP contribution in [0.3, 0.4) is 0 Å². The van der Waals surface area contributed by atoms with Crippen molar-refractivity contribution in [3.8, 4) is 0 Å². The zero-order valence-electron chi connectivity index (χ0n) is 25.7. The Morgan fingerprint density at radius 1 is 0.500 bits per heavy atom. The zero-order valence-corrected chi connectivity index (χ0v) is 25.7. The Morgan fingerprint density at radius 3 is 1.29 bits per heavy atom. The number of allylic oxidation sites excluding steroid dienone is 5. The number of rotatable bonds is 28. The molecular formula is C36H64O2. The lowest BCUT2D eigenvalue weighted by Gasteiger charge is -2.28. The molecule has 1 heterocycles. The number of hydrogen-bond donors (Lipinski definition) is 0. The smallest absolute Gasteiger partial charge is 0.321 e. The van der Waals surface area contributed by atoms with Gasteiger partial charge in [-0.3, -0.25) is 4.79 Å². The lowest BCUT2D eigenvalue weighted by Crippen LogP contribution is -2.32. The van der Waals surface area contributed by atoms with Crippen LogP contribution in [-0.4, -0.2) is 5.97 Å². The summed E-state index contributed by atoms with van der Waals surface area (Å²) in [6.45, 7) is 4.56. The van der Waals surface area contributed by atoms with Gasteiger partial charge in [0, 0.05) is 0 Å². The van der Waals surface area contributed by atoms with Crippen LogP contribution in [0, 0.1) is 5.92 Å². The molecule has 0 aromatic heterocycles. The van der Waals surface area contributed by atoms with Crippen LogP contribution in [0.4, 0.5) is 0 Å². The van der Waals surface area contributed by atoms with E-state index in [0.717, 1.165) is 25.0 Å². The third-order valence-electron chi connectivity index (χ3n) is 7.91. The van der Waals surface area contributed by atoms with Crippen molar-refractivity contribution in [3.63, 3.8) is 0 Å². The van der Waals surface area contributed by atoms with E-state index in [1.54, 1.807) is 0 Å². The van der Waals surface area contributed by atoms with Gasteiger partial charge in [-0.05, 0) is 76.7 Å². The van der Waals surface area contributed by atoms with Gasteiger partial charge < -0.3 is 4.74 Å². The summed E-state index contributed by atoms with van der Waals surface area (Å²) in [5, 5.41) is 0. The molecule has 1 aliphatic heterocycles. The average molecular weight is 529 g/mol. The van der Waals surface area contributed by atoms with Crippen LogP contribution in [0.1, 0.15) is 181 Å². The topological polar surface area (TPSA) is 26.3 Å². The maximum atomic E-state index is 11.9. The van der Waals surface area contributed by atoms with Crippen LogP contribution >= 0.6 is 0 Å². The number of esters is 1. The van der Waals surface area contributed by atoms with Gasteiger partial charge in [-0.25, -0.2) is 0 Å². The molecule has 0 aromatic rings. The predicted molar refractivity (Wildman–Crippen MR) is 167 cm³/mol. The SMILES string of the molecule is CCCCCCCCC=CCCCCCCC=C1OC(=O)C1CCCCCC/C=C\CCCCCCCC. The fourth-order valence-corrected chi connectivity index (χ4v) is 5.29. The molecule has 2 nitrogen and oxygen atoms in total. The molecule has 1 saturated heterocycles. The van der Waals surface area contributed by atoms with Gasteiger partial charge in [0.1, 0.15) is 11.7 Å². The van der Waals surface area contributed by atoms with E-state index in [1.807, 2.05) is 0 Å². The standard InChI is InChI=1S/C36H64O2/c1-3-5-7-9-11-13-15-17-19-21-23-25-27-29-31-33-35-34(36(37)38-35)32-30-28-26-24-22-20-18-16-14-12-10-8-6-4-2/h17-20,33-34H,3-16,21-32H2,1-2H3/b19-17?,20-18-,35-33?. The third-order valence-corrected chi connectivity index (χ3v) is 7.91. The number of ether oxygens (including phenoxy) is 1. The Hall–Kier alpha value is -1.31. The minimum Gasteiger partial charge on any atom is -0.430 e. The van der Waals surface area contributed by atoms with E-state index in [-0.39, 0.29) is 11.9 Å². The highest BCUT2D eigenvalue weighted by atomic mass is 16.6. The number of unbranched alkanes of at least 4 members (excludes halogenated alkanes) is 21. The van der Waals surface area contributed by atoms with Gasteiger partial charge in [0.15, 0.2) is 0 Å². The van der Waals surface area contributed by atoms with Gasteiger partial charge in [-0.15, -0.1) is 0 Å². The first-order valence-electron chi connectivity index (χ1n) is 17.0. The van der Waals surface area contributed by atoms with Crippen molar-refractivity contribution in [2.75, 3.05) is 0 Å². The largest absolute Gasteiger partial charge is 0.430 e. The van der Waals surface area contributed by atoms with Crippen molar-refractivity contribution >= 4 is 5.97 Å². The minimum absolute atomic E-state index is 0.00150. The van der Waals surface area contributed by atoms with E-state index in [4.69, 9.17) is 4.74 Å². The quantitative estimate of drug-likeness (QED) is 0.0573. The maximum absolute atomic E-state index is 11.9. The van der Waals surface area contributed by atoms with Gasteiger partial charge in [0.05, 0.1) is 0 Å². The summed E-state index contributed by atoms with van der Waals surface area (Å²) in [7, 11) is 0. The summed E-state index contributed by atoms with van der Waals surface area (Å²) in [6, 6.07) is 0. The molecule has 1 fully saturated rings. The molecule has 0 radical (unpaired) electrons. The van der Waals surface area contributed by atoms with Gasteiger partial charge in [-0.2, -0.15) is 0 Å². The highest BCUT2D eigenvalue weighted by Crippen LogP contribution is 2.32. The zero-order chi connectivity index (χ0) is 27.4. The molecule has 0 aromatic carbocycles. The Kier molecular flexibility index (Phi) is 24.9. The summed E-state index contributed by atoms with van der Waals surface area (Å²) in [5.41, 5.74) is 0. The molecule has 1 aliphatic rings. The van der Waals surface area contributed by atoms with Gasteiger partial charge in [0.25, 0.3) is 0 Å². The van der Waals surface area contributed by atoms with E-state index in [1.165, 1.54) is 148 Å². The van der Waals surface area contributed by atoms with E-state index in [9.17, 15) is 4.79 Å². The molecule has 0 N–H and O–H groups in total. The summed E-state index contributed by atoms with van der Waals surface area (Å²) in [6.07, 6.45) is 45.4. The average Bonchev–Trinajstić information content (AvgIpc) is 2.92. The highest BCUT2D eigenvalue weighted by molar-refractivity contribution is 5.82. The second kappa shape index (κ2) is 27.3. The molecule has 0 amide bonds. The van der Waals surface area contributed by atoms with Crippen LogP contribution in [0.15, 0.2) is 36.1 Å². The molecular weight excluding hydrogens is 464 g/mol. The minimum atomic E-state index is 0.00150. The lowest BCUT2D eigenvalue weighted by atomic mass is 9.93. The van der Waals surface area contributed by atoms with E-state index in [2.05, 4.69) is 44.2 Å². The van der Waals surface area contributed by atoms with Crippen LogP contribution in [0.25, 0.3) is 0 Å². The fraction of sp³-hybridized carbons (Fsp3) is 0.806. The van der Waals surface area contributed by atoms with Crippen molar-refractivity contribution in [3.05, 3.63) is 36.1 Å². The second-order valence-electron chi connectivity index (χ2n) is 11.6. The molecule has 38 heavy (non-hydrogen) atoms. The Bertz CT molecular complexity index is 615. The van der Waals surface area contributed by atoms with E-state index >= 15 is 0 Å². The molecule has 1 rings (SSSR count). The van der Waals surface area contributed by atoms with Crippen molar-refractivity contribution in [2.24, 2.45) is 5.92 Å². The van der Waals surface area contributed by atoms with Crippen molar-refractivity contribution in [2.45, 2.75) is 181 Å². The van der Waals surface area contributed by atoms with Crippen LogP contribution in [0.5, 0.6) is 0 Å². The molecule has 1 atom stereocenters. The molecule has 2 heteroatoms. The number of cyclic esters (lactones) is 1. The van der Waals surface area contributed by atoms with Crippen LogP contribution < -0.4 is 0 Å². The Morgan fingerprint density at radius 2 is 0.868 bits per heavy atom. The number of carbonyl (C=O) groups is 1. The van der Waals surface area contributed by atoms with E-state index < -0.39 is 0 Å². The molecule has 0 bridgehead atoms. The van der Waals surface area contributed by atoms with Gasteiger partial charge in [-0.1, -0.05) is 134 Å². The third kappa shape index (κ3) is 20.6. The van der Waals surface area contributed by atoms with Gasteiger partial charge in [0.2, 0.25) is 0 Å². The number of hydrogen-bond acceptors (Lipinski definition) is 2. The second-order valence-corrected chi connectivity index (χ2v) is 11.6. The first-order chi connectivity index (χ1) is 18.8. The summed E-state index contributed by atoms with van der Waals surface area (Å²) < 4.78 is 5.34. The predicted octanol–water partition coefficient (Wildman–Crippen LogP) is 12.3. The van der Waals surface area contributed by atoms with Gasteiger partial charge >= 0.3 is 5.97 Å². The van der Waals surface area contributed by atoms with Crippen molar-refractivity contribution in [1.82, 2.24) is 0 Å². The van der Waals surface area contributed by atoms with Crippen molar-refractivity contribution < 1.29 is 9.53 Å². The molecule has 1 unspecified atom stereocenters. The fourth-order valence-electron chi connectivity index (χ4n) is 5.29. The van der Waals surface area contributed by atoms with Crippen LogP contribution in [-0.2, 0) is 9.53 Å². The van der Waals surface area contributed by atoms with Crippen LogP contribution in [0.2, 0.25) is 0 Å². The highest BCUT2D eigenvalue weighted by Gasteiger charge is 2.36. The molecule has 0 saturated carbocycles. The summed E-state index contributed by atoms with van der Waals surface area (Å²) in [5.74, 6) is 1.02. The first kappa shape index (κ1) is 34.7.